The molecule has 1 aliphatic carbocycles. The summed E-state index contributed by atoms with van der Waals surface area (Å²) in [5, 5.41) is 0. The summed E-state index contributed by atoms with van der Waals surface area (Å²) in [4.78, 5) is 24.6. The predicted octanol–water partition coefficient (Wildman–Crippen LogP) is 2.75. The van der Waals surface area contributed by atoms with Crippen molar-refractivity contribution < 1.29 is 22.4 Å². The van der Waals surface area contributed by atoms with Crippen LogP contribution in [-0.2, 0) is 16.6 Å². The van der Waals surface area contributed by atoms with Crippen molar-refractivity contribution in [1.29, 1.82) is 0 Å². The molecule has 3 heterocycles. The van der Waals surface area contributed by atoms with E-state index in [4.69, 9.17) is 9.15 Å². The first kappa shape index (κ1) is 28.1. The Morgan fingerprint density at radius 1 is 1.05 bits per heavy atom. The van der Waals surface area contributed by atoms with Gasteiger partial charge in [-0.1, -0.05) is 0 Å². The lowest BCUT2D eigenvalue weighted by molar-refractivity contribution is 0.0588. The highest BCUT2D eigenvalue weighted by molar-refractivity contribution is 7.89. The molecule has 0 spiro atoms. The number of sulfonamides is 1. The number of rotatable bonds is 9. The van der Waals surface area contributed by atoms with E-state index < -0.39 is 10.0 Å². The zero-order valence-corrected chi connectivity index (χ0v) is 24.4. The van der Waals surface area contributed by atoms with Gasteiger partial charge in [0.25, 0.3) is 5.91 Å². The SMILES string of the molecule is COc1cc(C)c(S(=O)(=O)N(Cc2nc(C(=O)N3CCN(CC4CCN(C)CC4)CC3)co2)C2CC2)c(C)c1. The molecule has 2 saturated heterocycles. The average Bonchev–Trinajstić information content (AvgIpc) is 3.64. The number of piperidine rings is 1. The van der Waals surface area contributed by atoms with Crippen LogP contribution in [0.3, 0.4) is 0 Å². The molecule has 3 fully saturated rings. The minimum absolute atomic E-state index is 0.00442. The molecule has 3 aliphatic rings. The molecule has 1 amide bonds. The van der Waals surface area contributed by atoms with Gasteiger partial charge in [0.2, 0.25) is 15.9 Å². The van der Waals surface area contributed by atoms with Gasteiger partial charge in [-0.2, -0.15) is 4.31 Å². The minimum Gasteiger partial charge on any atom is -0.497 e. The Bertz CT molecular complexity index is 1250. The maximum atomic E-state index is 13.8. The van der Waals surface area contributed by atoms with Crippen molar-refractivity contribution in [2.45, 2.75) is 57.0 Å². The number of likely N-dealkylation sites (tertiary alicyclic amines) is 1. The minimum atomic E-state index is -3.80. The third-order valence-corrected chi connectivity index (χ3v) is 10.5. The third-order valence-electron chi connectivity index (χ3n) is 8.27. The average molecular weight is 560 g/mol. The first-order chi connectivity index (χ1) is 18.7. The number of hydrogen-bond acceptors (Lipinski definition) is 8. The predicted molar refractivity (Wildman–Crippen MR) is 147 cm³/mol. The first-order valence-electron chi connectivity index (χ1n) is 14.0. The number of oxazole rings is 1. The summed E-state index contributed by atoms with van der Waals surface area (Å²) in [5.74, 6) is 1.43. The van der Waals surface area contributed by atoms with Crippen LogP contribution in [0.2, 0.25) is 0 Å². The molecule has 2 aliphatic heterocycles. The largest absolute Gasteiger partial charge is 0.497 e. The van der Waals surface area contributed by atoms with Gasteiger partial charge in [-0.25, -0.2) is 13.4 Å². The fourth-order valence-electron chi connectivity index (χ4n) is 5.85. The zero-order chi connectivity index (χ0) is 27.7. The second kappa shape index (κ2) is 11.6. The molecule has 11 heteroatoms. The topological polar surface area (TPSA) is 99.4 Å². The standard InChI is InChI=1S/C28H41N5O5S/c1-20-15-24(37-4)16-21(2)27(20)39(35,36)33(23-5-6-23)18-26-29-25(19-38-26)28(34)32-13-11-31(12-14-32)17-22-7-9-30(3)10-8-22/h15-16,19,22-23H,5-14,17-18H2,1-4H3. The van der Waals surface area contributed by atoms with Gasteiger partial charge in [-0.05, 0) is 88.8 Å². The number of hydrogen-bond donors (Lipinski definition) is 0. The van der Waals surface area contributed by atoms with Crippen LogP contribution < -0.4 is 4.74 Å². The molecule has 2 aromatic rings. The van der Waals surface area contributed by atoms with Crippen LogP contribution in [0, 0.1) is 19.8 Å². The maximum Gasteiger partial charge on any atom is 0.275 e. The molecule has 0 bridgehead atoms. The third kappa shape index (κ3) is 6.32. The molecule has 1 saturated carbocycles. The fraction of sp³-hybridized carbons (Fsp3) is 0.643. The van der Waals surface area contributed by atoms with E-state index in [1.54, 1.807) is 33.1 Å². The van der Waals surface area contributed by atoms with Crippen molar-refractivity contribution in [2.24, 2.45) is 5.92 Å². The van der Waals surface area contributed by atoms with E-state index in [-0.39, 0.29) is 35.0 Å². The summed E-state index contributed by atoms with van der Waals surface area (Å²) >= 11 is 0. The van der Waals surface area contributed by atoms with E-state index in [1.807, 2.05) is 4.90 Å². The van der Waals surface area contributed by atoms with Crippen molar-refractivity contribution in [3.8, 4) is 5.75 Å². The van der Waals surface area contributed by atoms with Crippen molar-refractivity contribution in [3.63, 3.8) is 0 Å². The Morgan fingerprint density at radius 2 is 1.69 bits per heavy atom. The van der Waals surface area contributed by atoms with Crippen molar-refractivity contribution in [2.75, 3.05) is 60.0 Å². The quantitative estimate of drug-likeness (QED) is 0.463. The number of nitrogens with zero attached hydrogens (tertiary/aromatic N) is 5. The number of ether oxygens (including phenoxy) is 1. The number of carbonyl (C=O) groups is 1. The van der Waals surface area contributed by atoms with Gasteiger partial charge in [0, 0.05) is 38.8 Å². The Morgan fingerprint density at radius 3 is 2.28 bits per heavy atom. The zero-order valence-electron chi connectivity index (χ0n) is 23.6. The lowest BCUT2D eigenvalue weighted by Crippen LogP contribution is -2.50. The molecule has 0 atom stereocenters. The lowest BCUT2D eigenvalue weighted by atomic mass is 9.96. The van der Waals surface area contributed by atoms with E-state index >= 15 is 0 Å². The first-order valence-corrected chi connectivity index (χ1v) is 15.4. The Balaban J connectivity index is 1.22. The van der Waals surface area contributed by atoms with E-state index in [0.29, 0.717) is 30.0 Å². The summed E-state index contributed by atoms with van der Waals surface area (Å²) in [6.07, 6.45) is 5.43. The Labute approximate surface area is 231 Å². The van der Waals surface area contributed by atoms with Crippen LogP contribution in [0.5, 0.6) is 5.75 Å². The van der Waals surface area contributed by atoms with Crippen LogP contribution in [0.15, 0.2) is 27.7 Å². The molecule has 5 rings (SSSR count). The number of amides is 1. The van der Waals surface area contributed by atoms with E-state index in [1.165, 1.54) is 23.4 Å². The molecule has 0 N–H and O–H groups in total. The van der Waals surface area contributed by atoms with Gasteiger partial charge in [-0.15, -0.1) is 0 Å². The monoisotopic (exact) mass is 559 g/mol. The Kier molecular flexibility index (Phi) is 8.32. The molecular weight excluding hydrogens is 518 g/mol. The maximum absolute atomic E-state index is 13.8. The number of methoxy groups -OCH3 is 1. The summed E-state index contributed by atoms with van der Waals surface area (Å²) in [7, 11) is -0.0533. The number of aromatic nitrogens is 1. The normalized spacial score (nSPS) is 20.1. The highest BCUT2D eigenvalue weighted by Crippen LogP contribution is 2.36. The molecule has 39 heavy (non-hydrogen) atoms. The van der Waals surface area contributed by atoms with Crippen LogP contribution >= 0.6 is 0 Å². The van der Waals surface area contributed by atoms with Gasteiger partial charge in [0.15, 0.2) is 5.69 Å². The molecular formula is C28H41N5O5S. The van der Waals surface area contributed by atoms with Crippen molar-refractivity contribution in [3.05, 3.63) is 41.1 Å². The molecule has 214 valence electrons. The Hall–Kier alpha value is -2.47. The smallest absolute Gasteiger partial charge is 0.275 e. The van der Waals surface area contributed by atoms with Crippen LogP contribution in [-0.4, -0.2) is 104 Å². The highest BCUT2D eigenvalue weighted by Gasteiger charge is 2.40. The van der Waals surface area contributed by atoms with Gasteiger partial charge >= 0.3 is 0 Å². The summed E-state index contributed by atoms with van der Waals surface area (Å²) in [6, 6.07) is 3.38. The summed E-state index contributed by atoms with van der Waals surface area (Å²) < 4.78 is 40.0. The van der Waals surface area contributed by atoms with E-state index in [9.17, 15) is 13.2 Å². The molecule has 0 unspecified atom stereocenters. The van der Waals surface area contributed by atoms with Crippen molar-refractivity contribution in [1.82, 2.24) is 24.0 Å². The van der Waals surface area contributed by atoms with Crippen LogP contribution in [0.4, 0.5) is 0 Å². The van der Waals surface area contributed by atoms with Crippen LogP contribution in [0.25, 0.3) is 0 Å². The molecule has 1 aromatic heterocycles. The van der Waals surface area contributed by atoms with Gasteiger partial charge in [0.05, 0.1) is 18.6 Å². The molecule has 1 aromatic carbocycles. The van der Waals surface area contributed by atoms with Gasteiger partial charge < -0.3 is 19.0 Å². The number of piperazine rings is 1. The molecule has 0 radical (unpaired) electrons. The van der Waals surface area contributed by atoms with E-state index in [2.05, 4.69) is 21.8 Å². The van der Waals surface area contributed by atoms with Crippen molar-refractivity contribution >= 4 is 15.9 Å². The highest BCUT2D eigenvalue weighted by atomic mass is 32.2. The van der Waals surface area contributed by atoms with Gasteiger partial charge in [-0.3, -0.25) is 9.69 Å². The van der Waals surface area contributed by atoms with E-state index in [0.717, 1.165) is 51.5 Å². The van der Waals surface area contributed by atoms with Gasteiger partial charge in [0.1, 0.15) is 12.0 Å². The summed E-state index contributed by atoms with van der Waals surface area (Å²) in [6.45, 7) is 10.0. The van der Waals surface area contributed by atoms with Crippen LogP contribution in [0.1, 0.15) is 53.2 Å². The lowest BCUT2D eigenvalue weighted by Gasteiger charge is -2.38. The second-order valence-corrected chi connectivity index (χ2v) is 13.2. The fourth-order valence-corrected chi connectivity index (χ4v) is 7.90. The number of carbonyl (C=O) groups excluding carboxylic acids is 1. The summed E-state index contributed by atoms with van der Waals surface area (Å²) in [5.41, 5.74) is 1.50. The second-order valence-electron chi connectivity index (χ2n) is 11.3. The number of aryl methyl sites for hydroxylation is 2. The number of benzene rings is 1. The molecule has 10 nitrogen and oxygen atoms in total.